The molecule has 4 aliphatic rings. The first-order valence-corrected chi connectivity index (χ1v) is 15.7. The lowest BCUT2D eigenvalue weighted by Crippen LogP contribution is -2.60. The van der Waals surface area contributed by atoms with Crippen molar-refractivity contribution in [2.24, 2.45) is 17.8 Å². The van der Waals surface area contributed by atoms with Crippen molar-refractivity contribution < 1.29 is 33.9 Å². The number of phenolic OH excluding ortho intramolecular Hbond substituents is 1. The van der Waals surface area contributed by atoms with Crippen LogP contribution in [0.25, 0.3) is 0 Å². The third-order valence-corrected chi connectivity index (χ3v) is 11.3. The molecule has 6 rings (SSSR count). The lowest BCUT2D eigenvalue weighted by molar-refractivity contribution is -0.384. The molecule has 1 N–H and O–H groups in total. The van der Waals surface area contributed by atoms with Crippen LogP contribution in [0.1, 0.15) is 24.3 Å². The number of amides is 4. The fourth-order valence-corrected chi connectivity index (χ4v) is 8.92. The standard InChI is InChI=1S/C28H21Br2Cl2N3O8/c1-43-19-9-12(30)8-17(22(19)36)21-15-6-7-16-20(18(15)10-27(31)25(39)33(11-29)26(40)28(21,27)32)24(38)34(23(16)37)13-2-4-14(5-3-13)35(41)42/h2-6,8-9,16,18,20-21,36H,7,10-11H2,1H3/t16-,18+,20-,21+,27+,28-/m0/s1. The molecule has 15 heteroatoms. The van der Waals surface area contributed by atoms with E-state index < -0.39 is 62.0 Å². The van der Waals surface area contributed by atoms with Crippen LogP contribution in [0.15, 0.2) is 52.5 Å². The van der Waals surface area contributed by atoms with E-state index >= 15 is 0 Å². The summed E-state index contributed by atoms with van der Waals surface area (Å²) in [5.74, 6) is -6.62. The fourth-order valence-electron chi connectivity index (χ4n) is 7.05. The number of ether oxygens (including phenoxy) is 1. The average Bonchev–Trinajstić information content (AvgIpc) is 3.31. The van der Waals surface area contributed by atoms with Crippen LogP contribution in [0.5, 0.6) is 11.5 Å². The van der Waals surface area contributed by atoms with Gasteiger partial charge in [-0.1, -0.05) is 43.5 Å². The highest BCUT2D eigenvalue weighted by Gasteiger charge is 2.76. The maximum Gasteiger partial charge on any atom is 0.269 e. The largest absolute Gasteiger partial charge is 0.504 e. The Hall–Kier alpha value is -3.00. The first kappa shape index (κ1) is 30.0. The predicted octanol–water partition coefficient (Wildman–Crippen LogP) is 4.99. The van der Waals surface area contributed by atoms with Crippen LogP contribution in [-0.2, 0) is 19.2 Å². The van der Waals surface area contributed by atoms with E-state index in [0.29, 0.717) is 10.0 Å². The molecule has 6 atom stereocenters. The lowest BCUT2D eigenvalue weighted by Gasteiger charge is -2.50. The van der Waals surface area contributed by atoms with E-state index in [4.69, 9.17) is 27.9 Å². The van der Waals surface area contributed by atoms with Crippen LogP contribution >= 0.6 is 55.1 Å². The molecule has 2 saturated heterocycles. The Morgan fingerprint density at radius 3 is 2.37 bits per heavy atom. The summed E-state index contributed by atoms with van der Waals surface area (Å²) in [6, 6.07) is 8.14. The van der Waals surface area contributed by atoms with E-state index in [0.717, 1.165) is 9.80 Å². The molecule has 2 heterocycles. The van der Waals surface area contributed by atoms with Crippen molar-refractivity contribution >= 4 is 90.1 Å². The van der Waals surface area contributed by atoms with Gasteiger partial charge in [-0.25, -0.2) is 0 Å². The molecule has 224 valence electrons. The zero-order chi connectivity index (χ0) is 31.2. The number of anilines is 1. The second-order valence-electron chi connectivity index (χ2n) is 10.8. The number of phenols is 1. The quantitative estimate of drug-likeness (QED) is 0.112. The smallest absolute Gasteiger partial charge is 0.269 e. The maximum atomic E-state index is 14.1. The SMILES string of the molecule is COc1cc(Br)cc([C@H]2C3=CC[C@@H]4C(=O)N(c5ccc([N+](=O)[O-])cc5)C(=O)[C@@H]4[C@@H]3C[C@@]3(Cl)C(=O)N(CBr)C(=O)[C@@]23Cl)c1O. The molecule has 2 aromatic carbocycles. The summed E-state index contributed by atoms with van der Waals surface area (Å²) in [5, 5.41) is 22.5. The number of allylic oxidation sites excluding steroid dienone is 2. The van der Waals surface area contributed by atoms with Crippen LogP contribution in [0.2, 0.25) is 0 Å². The van der Waals surface area contributed by atoms with Crippen LogP contribution in [0, 0.1) is 27.9 Å². The van der Waals surface area contributed by atoms with Crippen molar-refractivity contribution in [3.05, 3.63) is 68.2 Å². The Labute approximate surface area is 271 Å². The van der Waals surface area contributed by atoms with Gasteiger partial charge in [-0.3, -0.25) is 39.1 Å². The molecule has 1 saturated carbocycles. The number of rotatable bonds is 5. The number of hydrogen-bond acceptors (Lipinski definition) is 8. The first-order valence-electron chi connectivity index (χ1n) is 13.0. The monoisotopic (exact) mass is 755 g/mol. The molecule has 0 aromatic heterocycles. The number of fused-ring (bicyclic) bond motifs is 4. The van der Waals surface area contributed by atoms with Crippen molar-refractivity contribution in [3.63, 3.8) is 0 Å². The Balaban J connectivity index is 1.52. The van der Waals surface area contributed by atoms with Crippen LogP contribution in [0.3, 0.4) is 0 Å². The number of hydrogen-bond donors (Lipinski definition) is 1. The summed E-state index contributed by atoms with van der Waals surface area (Å²) < 4.78 is 5.83. The number of methoxy groups -OCH3 is 1. The minimum Gasteiger partial charge on any atom is -0.504 e. The number of nitrogens with zero attached hydrogens (tertiary/aromatic N) is 3. The number of non-ortho nitro benzene ring substituents is 1. The molecule has 4 amide bonds. The first-order chi connectivity index (χ1) is 20.3. The van der Waals surface area contributed by atoms with Gasteiger partial charge in [0.2, 0.25) is 11.8 Å². The van der Waals surface area contributed by atoms with E-state index in [1.807, 2.05) is 0 Å². The van der Waals surface area contributed by atoms with Gasteiger partial charge in [0.05, 0.1) is 35.0 Å². The van der Waals surface area contributed by atoms with Gasteiger partial charge in [0.1, 0.15) is 0 Å². The number of halogens is 4. The number of carbonyl (C=O) groups excluding carboxylic acids is 4. The highest BCUT2D eigenvalue weighted by molar-refractivity contribution is 9.10. The van der Waals surface area contributed by atoms with Gasteiger partial charge >= 0.3 is 0 Å². The maximum absolute atomic E-state index is 14.1. The molecule has 2 aromatic rings. The molecule has 2 aliphatic heterocycles. The van der Waals surface area contributed by atoms with E-state index in [9.17, 15) is 34.4 Å². The number of carbonyl (C=O) groups is 4. The van der Waals surface area contributed by atoms with Crippen LogP contribution < -0.4 is 9.64 Å². The molecule has 0 unspecified atom stereocenters. The van der Waals surface area contributed by atoms with E-state index in [1.54, 1.807) is 12.1 Å². The lowest BCUT2D eigenvalue weighted by atomic mass is 9.56. The van der Waals surface area contributed by atoms with Crippen molar-refractivity contribution in [3.8, 4) is 11.5 Å². The van der Waals surface area contributed by atoms with E-state index in [2.05, 4.69) is 31.9 Å². The Bertz CT molecular complexity index is 1670. The summed E-state index contributed by atoms with van der Waals surface area (Å²) in [4.78, 5) is 63.7. The summed E-state index contributed by atoms with van der Waals surface area (Å²) in [7, 11) is 1.36. The summed E-state index contributed by atoms with van der Waals surface area (Å²) >= 11 is 21.0. The number of nitro benzene ring substituents is 1. The third kappa shape index (κ3) is 3.97. The zero-order valence-electron chi connectivity index (χ0n) is 22.1. The molecular formula is C28H21Br2Cl2N3O8. The molecule has 3 fully saturated rings. The van der Waals surface area contributed by atoms with E-state index in [-0.39, 0.29) is 46.7 Å². The topological polar surface area (TPSA) is 147 Å². The molecule has 11 nitrogen and oxygen atoms in total. The second-order valence-corrected chi connectivity index (χ2v) is 13.5. The molecule has 2 aliphatic carbocycles. The number of nitro groups is 1. The Morgan fingerprint density at radius 1 is 1.09 bits per heavy atom. The molecule has 43 heavy (non-hydrogen) atoms. The van der Waals surface area contributed by atoms with Gasteiger partial charge in [0, 0.05) is 28.1 Å². The Kier molecular flexibility index (Phi) is 7.19. The summed E-state index contributed by atoms with van der Waals surface area (Å²) in [6.07, 6.45) is 1.62. The number of benzene rings is 2. The molecule has 0 bridgehead atoms. The van der Waals surface area contributed by atoms with Gasteiger partial charge in [-0.2, -0.15) is 0 Å². The summed E-state index contributed by atoms with van der Waals surface area (Å²) in [6.45, 7) is 0. The van der Waals surface area contributed by atoms with Crippen LogP contribution in [-0.4, -0.2) is 60.9 Å². The van der Waals surface area contributed by atoms with Crippen molar-refractivity contribution in [2.45, 2.75) is 28.5 Å². The highest BCUT2D eigenvalue weighted by atomic mass is 79.9. The number of alkyl halides is 3. The number of imide groups is 2. The predicted molar refractivity (Wildman–Crippen MR) is 161 cm³/mol. The summed E-state index contributed by atoms with van der Waals surface area (Å²) in [5.41, 5.74) is 0.430. The normalized spacial score (nSPS) is 31.5. The van der Waals surface area contributed by atoms with Gasteiger partial charge in [0.25, 0.3) is 17.5 Å². The van der Waals surface area contributed by atoms with Crippen molar-refractivity contribution in [2.75, 3.05) is 17.5 Å². The van der Waals surface area contributed by atoms with Crippen molar-refractivity contribution in [1.29, 1.82) is 0 Å². The highest BCUT2D eigenvalue weighted by Crippen LogP contribution is 2.66. The Morgan fingerprint density at radius 2 is 1.77 bits per heavy atom. The fraction of sp³-hybridized carbons (Fsp3) is 0.357. The molecule has 0 spiro atoms. The second kappa shape index (κ2) is 10.3. The zero-order valence-corrected chi connectivity index (χ0v) is 26.8. The molecule has 0 radical (unpaired) electrons. The van der Waals surface area contributed by atoms with Gasteiger partial charge in [-0.05, 0) is 43.0 Å². The van der Waals surface area contributed by atoms with E-state index in [1.165, 1.54) is 37.4 Å². The van der Waals surface area contributed by atoms with Gasteiger partial charge < -0.3 is 9.84 Å². The third-order valence-electron chi connectivity index (χ3n) is 8.93. The average molecular weight is 758 g/mol. The number of aromatic hydroxyl groups is 1. The molecular weight excluding hydrogens is 737 g/mol. The minimum absolute atomic E-state index is 0.0758. The van der Waals surface area contributed by atoms with Gasteiger partial charge in [0.15, 0.2) is 21.2 Å². The minimum atomic E-state index is -2.10. The van der Waals surface area contributed by atoms with Crippen molar-refractivity contribution in [1.82, 2.24) is 4.90 Å². The van der Waals surface area contributed by atoms with Crippen LogP contribution in [0.4, 0.5) is 11.4 Å². The number of likely N-dealkylation sites (tertiary alicyclic amines) is 1. The van der Waals surface area contributed by atoms with Gasteiger partial charge in [-0.15, -0.1) is 23.2 Å².